The highest BCUT2D eigenvalue weighted by Crippen LogP contribution is 2.43. The van der Waals surface area contributed by atoms with Gasteiger partial charge >= 0.3 is 6.18 Å². The molecule has 2 aliphatic heterocycles. The molecule has 1 aromatic rings. The van der Waals surface area contributed by atoms with Crippen LogP contribution in [-0.4, -0.2) is 43.1 Å². The first-order valence-corrected chi connectivity index (χ1v) is 8.59. The van der Waals surface area contributed by atoms with Gasteiger partial charge in [0.05, 0.1) is 18.1 Å². The third kappa shape index (κ3) is 2.79. The molecule has 0 unspecified atom stereocenters. The Morgan fingerprint density at radius 3 is 2.55 bits per heavy atom. The highest BCUT2D eigenvalue weighted by atomic mass is 32.2. The molecular formula is C13H15F3N2O3S. The summed E-state index contributed by atoms with van der Waals surface area (Å²) in [6, 6.07) is 2.24. The number of hydrogen-bond donors (Lipinski definition) is 1. The molecule has 2 saturated heterocycles. The van der Waals surface area contributed by atoms with Gasteiger partial charge in [-0.25, -0.2) is 13.4 Å². The van der Waals surface area contributed by atoms with Gasteiger partial charge in [-0.05, 0) is 24.1 Å². The van der Waals surface area contributed by atoms with Crippen LogP contribution in [0.25, 0.3) is 0 Å². The average Bonchev–Trinajstić information content (AvgIpc) is 2.80. The van der Waals surface area contributed by atoms with Crippen LogP contribution in [-0.2, 0) is 22.6 Å². The van der Waals surface area contributed by atoms with Crippen molar-refractivity contribution < 1.29 is 26.7 Å². The fraction of sp³-hybridized carbons (Fsp3) is 0.615. The van der Waals surface area contributed by atoms with Crippen molar-refractivity contribution in [1.82, 2.24) is 4.98 Å². The van der Waals surface area contributed by atoms with Crippen molar-refractivity contribution in [2.45, 2.75) is 19.2 Å². The highest BCUT2D eigenvalue weighted by molar-refractivity contribution is 7.92. The average molecular weight is 336 g/mol. The van der Waals surface area contributed by atoms with Gasteiger partial charge < -0.3 is 10.0 Å². The van der Waals surface area contributed by atoms with Crippen LogP contribution in [0.5, 0.6) is 0 Å². The molecular weight excluding hydrogens is 321 g/mol. The fourth-order valence-corrected chi connectivity index (χ4v) is 5.48. The number of nitrogens with zero attached hydrogens (tertiary/aromatic N) is 2. The van der Waals surface area contributed by atoms with Gasteiger partial charge in [0.1, 0.15) is 11.5 Å². The first-order chi connectivity index (χ1) is 10.1. The Hall–Kier alpha value is -1.35. The Balaban J connectivity index is 1.87. The summed E-state index contributed by atoms with van der Waals surface area (Å²) < 4.78 is 61.3. The van der Waals surface area contributed by atoms with E-state index in [2.05, 4.69) is 4.98 Å². The summed E-state index contributed by atoms with van der Waals surface area (Å²) in [7, 11) is -2.99. The molecule has 3 rings (SSSR count). The zero-order chi connectivity index (χ0) is 16.2. The maximum atomic E-state index is 12.9. The highest BCUT2D eigenvalue weighted by Gasteiger charge is 2.52. The molecule has 9 heteroatoms. The quantitative estimate of drug-likeness (QED) is 0.879. The number of alkyl halides is 3. The van der Waals surface area contributed by atoms with Crippen LogP contribution in [0.15, 0.2) is 12.1 Å². The summed E-state index contributed by atoms with van der Waals surface area (Å²) >= 11 is 0. The zero-order valence-electron chi connectivity index (χ0n) is 11.6. The lowest BCUT2D eigenvalue weighted by Crippen LogP contribution is -2.50. The molecule has 2 fully saturated rings. The van der Waals surface area contributed by atoms with Gasteiger partial charge in [0.25, 0.3) is 0 Å². The summed E-state index contributed by atoms with van der Waals surface area (Å²) in [6.45, 7) is 0.339. The van der Waals surface area contributed by atoms with Gasteiger partial charge in [-0.15, -0.1) is 0 Å². The Morgan fingerprint density at radius 2 is 2.00 bits per heavy atom. The topological polar surface area (TPSA) is 70.5 Å². The number of aliphatic hydroxyl groups excluding tert-OH is 1. The number of aromatic nitrogens is 1. The third-order valence-electron chi connectivity index (χ3n) is 4.16. The van der Waals surface area contributed by atoms with Crippen molar-refractivity contribution in [2.24, 2.45) is 5.41 Å². The van der Waals surface area contributed by atoms with E-state index in [4.69, 9.17) is 5.11 Å². The molecule has 122 valence electrons. The summed E-state index contributed by atoms with van der Waals surface area (Å²) in [4.78, 5) is 5.31. The number of pyridine rings is 1. The minimum atomic E-state index is -4.59. The van der Waals surface area contributed by atoms with Crippen LogP contribution in [0, 0.1) is 5.41 Å². The van der Waals surface area contributed by atoms with Crippen LogP contribution in [0.4, 0.5) is 19.0 Å². The minimum absolute atomic E-state index is 0.0856. The Bertz CT molecular complexity index is 691. The van der Waals surface area contributed by atoms with E-state index in [-0.39, 0.29) is 28.3 Å². The van der Waals surface area contributed by atoms with Crippen LogP contribution in [0.3, 0.4) is 0 Å². The number of rotatable bonds is 2. The van der Waals surface area contributed by atoms with E-state index in [1.54, 1.807) is 4.90 Å². The lowest BCUT2D eigenvalue weighted by molar-refractivity contribution is -0.141. The number of halogens is 3. The van der Waals surface area contributed by atoms with Crippen molar-refractivity contribution in [3.8, 4) is 0 Å². The lowest BCUT2D eigenvalue weighted by Gasteiger charge is -2.37. The molecule has 0 aromatic carbocycles. The van der Waals surface area contributed by atoms with Crippen LogP contribution in [0.2, 0.25) is 0 Å². The standard InChI is InChI=1S/C13H15F3N2O3S/c14-13(15,16)10-3-9(5-19)4-11(17-10)18-2-1-12(6-18)7-22(20,21)8-12/h3-4,19H,1-2,5-8H2. The van der Waals surface area contributed by atoms with Gasteiger partial charge in [-0.1, -0.05) is 0 Å². The second-order valence-electron chi connectivity index (χ2n) is 6.08. The Labute approximate surface area is 125 Å². The molecule has 0 saturated carbocycles. The maximum Gasteiger partial charge on any atom is 0.433 e. The van der Waals surface area contributed by atoms with E-state index >= 15 is 0 Å². The predicted octanol–water partition coefficient (Wildman–Crippen LogP) is 1.22. The maximum absolute atomic E-state index is 12.9. The van der Waals surface area contributed by atoms with Crippen molar-refractivity contribution in [2.75, 3.05) is 29.5 Å². The number of anilines is 1. The van der Waals surface area contributed by atoms with Crippen LogP contribution < -0.4 is 4.90 Å². The summed E-state index contributed by atoms with van der Waals surface area (Å²) in [5.41, 5.74) is -1.26. The number of sulfone groups is 1. The van der Waals surface area contributed by atoms with Crippen molar-refractivity contribution in [3.63, 3.8) is 0 Å². The molecule has 1 N–H and O–H groups in total. The second kappa shape index (κ2) is 4.82. The smallest absolute Gasteiger partial charge is 0.392 e. The van der Waals surface area contributed by atoms with E-state index in [1.165, 1.54) is 6.07 Å². The Kier molecular flexibility index (Phi) is 3.41. The SMILES string of the molecule is O=S1(=O)CC2(CCN(c3cc(CO)cc(C(F)(F)F)n3)C2)C1. The first-order valence-electron chi connectivity index (χ1n) is 6.77. The monoisotopic (exact) mass is 336 g/mol. The molecule has 1 aromatic heterocycles. The first kappa shape index (κ1) is 15.5. The molecule has 2 aliphatic rings. The van der Waals surface area contributed by atoms with E-state index in [9.17, 15) is 21.6 Å². The zero-order valence-corrected chi connectivity index (χ0v) is 12.4. The Morgan fingerprint density at radius 1 is 1.32 bits per heavy atom. The van der Waals surface area contributed by atoms with E-state index in [0.717, 1.165) is 6.07 Å². The van der Waals surface area contributed by atoms with Gasteiger partial charge in [-0.3, -0.25) is 0 Å². The summed E-state index contributed by atoms with van der Waals surface area (Å²) in [6.07, 6.45) is -3.96. The van der Waals surface area contributed by atoms with Crippen molar-refractivity contribution >= 4 is 15.7 Å². The van der Waals surface area contributed by atoms with Gasteiger partial charge in [-0.2, -0.15) is 13.2 Å². The van der Waals surface area contributed by atoms with Crippen molar-refractivity contribution in [1.29, 1.82) is 0 Å². The molecule has 0 atom stereocenters. The molecule has 0 bridgehead atoms. The molecule has 0 radical (unpaired) electrons. The largest absolute Gasteiger partial charge is 0.433 e. The summed E-state index contributed by atoms with van der Waals surface area (Å²) in [5, 5.41) is 9.13. The summed E-state index contributed by atoms with van der Waals surface area (Å²) in [5.74, 6) is 0.310. The van der Waals surface area contributed by atoms with Gasteiger partial charge in [0, 0.05) is 18.5 Å². The minimum Gasteiger partial charge on any atom is -0.392 e. The van der Waals surface area contributed by atoms with Crippen LogP contribution in [0.1, 0.15) is 17.7 Å². The lowest BCUT2D eigenvalue weighted by atomic mass is 9.91. The fourth-order valence-electron chi connectivity index (χ4n) is 3.23. The normalized spacial score (nSPS) is 22.8. The number of hydrogen-bond acceptors (Lipinski definition) is 5. The van der Waals surface area contributed by atoms with Crippen LogP contribution >= 0.6 is 0 Å². The van der Waals surface area contributed by atoms with Gasteiger partial charge in [0.15, 0.2) is 9.84 Å². The van der Waals surface area contributed by atoms with Gasteiger partial charge in [0.2, 0.25) is 0 Å². The van der Waals surface area contributed by atoms with E-state index in [1.807, 2.05) is 0 Å². The molecule has 0 aliphatic carbocycles. The predicted molar refractivity (Wildman–Crippen MR) is 73.1 cm³/mol. The van der Waals surface area contributed by atoms with E-state index < -0.39 is 28.3 Å². The molecule has 0 amide bonds. The van der Waals surface area contributed by atoms with E-state index in [0.29, 0.717) is 19.5 Å². The van der Waals surface area contributed by atoms with Crippen molar-refractivity contribution in [3.05, 3.63) is 23.4 Å². The molecule has 3 heterocycles. The molecule has 22 heavy (non-hydrogen) atoms. The second-order valence-corrected chi connectivity index (χ2v) is 8.14. The molecule has 5 nitrogen and oxygen atoms in total. The third-order valence-corrected chi connectivity index (χ3v) is 6.26. The number of aliphatic hydroxyl groups is 1. The molecule has 1 spiro atoms.